The molecule has 1 saturated carbocycles. The number of carbonyl (C=O) groups excluding carboxylic acids is 1. The number of carbonyl (C=O) groups is 1. The molecule has 1 N–H and O–H groups in total. The van der Waals surface area contributed by atoms with Crippen molar-refractivity contribution in [2.45, 2.75) is 40.5 Å². The van der Waals surface area contributed by atoms with Crippen LogP contribution in [0.5, 0.6) is 5.88 Å². The SMILES string of the molecule is C#CCn1cc(O)n(COC(=O)[C@@H]2[C@@H](C=C(C#N)SCCC)C2(C)C)c1=O. The molecule has 0 radical (unpaired) electrons. The first-order valence-electron chi connectivity index (χ1n) is 8.61. The van der Waals surface area contributed by atoms with E-state index in [-0.39, 0.29) is 30.5 Å². The van der Waals surface area contributed by atoms with Gasteiger partial charge in [-0.1, -0.05) is 32.8 Å². The number of terminal acetylenes is 1. The lowest BCUT2D eigenvalue weighted by Gasteiger charge is -2.06. The number of nitrogens with zero attached hydrogens (tertiary/aromatic N) is 3. The number of nitriles is 1. The van der Waals surface area contributed by atoms with Gasteiger partial charge in [-0.05, 0) is 23.5 Å². The van der Waals surface area contributed by atoms with Crippen molar-refractivity contribution in [2.24, 2.45) is 17.3 Å². The van der Waals surface area contributed by atoms with Crippen molar-refractivity contribution in [2.75, 3.05) is 5.75 Å². The summed E-state index contributed by atoms with van der Waals surface area (Å²) < 4.78 is 7.34. The highest BCUT2D eigenvalue weighted by Gasteiger charge is 2.61. The van der Waals surface area contributed by atoms with E-state index in [4.69, 9.17) is 11.2 Å². The van der Waals surface area contributed by atoms with Crippen molar-refractivity contribution in [1.82, 2.24) is 9.13 Å². The number of allylic oxidation sites excluding steroid dienone is 2. The molecule has 1 heterocycles. The van der Waals surface area contributed by atoms with Crippen LogP contribution in [0.25, 0.3) is 0 Å². The fraction of sp³-hybridized carbons (Fsp3) is 0.526. The van der Waals surface area contributed by atoms with Gasteiger partial charge in [0.25, 0.3) is 0 Å². The van der Waals surface area contributed by atoms with Crippen LogP contribution in [-0.4, -0.2) is 26.0 Å². The van der Waals surface area contributed by atoms with Crippen molar-refractivity contribution in [1.29, 1.82) is 5.26 Å². The molecule has 1 aliphatic carbocycles. The predicted molar refractivity (Wildman–Crippen MR) is 102 cm³/mol. The number of hydrogen-bond acceptors (Lipinski definition) is 6. The zero-order chi connectivity index (χ0) is 20.2. The summed E-state index contributed by atoms with van der Waals surface area (Å²) in [5.41, 5.74) is -0.874. The van der Waals surface area contributed by atoms with Crippen molar-refractivity contribution in [3.05, 3.63) is 27.7 Å². The van der Waals surface area contributed by atoms with Crippen LogP contribution in [0, 0.1) is 40.9 Å². The zero-order valence-corrected chi connectivity index (χ0v) is 16.5. The summed E-state index contributed by atoms with van der Waals surface area (Å²) >= 11 is 1.48. The topological polar surface area (TPSA) is 97.2 Å². The van der Waals surface area contributed by atoms with Gasteiger partial charge >= 0.3 is 11.7 Å². The molecule has 0 saturated heterocycles. The molecule has 0 unspecified atom stereocenters. The maximum atomic E-state index is 12.5. The van der Waals surface area contributed by atoms with Gasteiger partial charge < -0.3 is 9.84 Å². The summed E-state index contributed by atoms with van der Waals surface area (Å²) in [5.74, 6) is 1.88. The molecule has 7 nitrogen and oxygen atoms in total. The Bertz CT molecular complexity index is 882. The number of aromatic hydroxyl groups is 1. The van der Waals surface area contributed by atoms with E-state index < -0.39 is 17.6 Å². The minimum Gasteiger partial charge on any atom is -0.493 e. The minimum atomic E-state index is -0.549. The quantitative estimate of drug-likeness (QED) is 0.416. The number of ether oxygens (including phenoxy) is 1. The molecule has 1 fully saturated rings. The predicted octanol–water partition coefficient (Wildman–Crippen LogP) is 2.31. The van der Waals surface area contributed by atoms with Crippen molar-refractivity contribution in [3.63, 3.8) is 0 Å². The highest BCUT2D eigenvalue weighted by atomic mass is 32.2. The summed E-state index contributed by atoms with van der Waals surface area (Å²) in [4.78, 5) is 25.2. The largest absolute Gasteiger partial charge is 0.493 e. The Hall–Kier alpha value is -2.58. The lowest BCUT2D eigenvalue weighted by Crippen LogP contribution is -2.26. The third kappa shape index (κ3) is 4.40. The zero-order valence-electron chi connectivity index (χ0n) is 15.6. The van der Waals surface area contributed by atoms with Gasteiger partial charge in [-0.25, -0.2) is 9.36 Å². The smallest absolute Gasteiger partial charge is 0.334 e. The molecule has 1 aromatic rings. The summed E-state index contributed by atoms with van der Waals surface area (Å²) in [6.07, 6.45) is 9.16. The van der Waals surface area contributed by atoms with Crippen LogP contribution in [0.3, 0.4) is 0 Å². The summed E-state index contributed by atoms with van der Waals surface area (Å²) in [6.45, 7) is 5.54. The van der Waals surface area contributed by atoms with Crippen LogP contribution >= 0.6 is 11.8 Å². The normalized spacial score (nSPS) is 20.6. The van der Waals surface area contributed by atoms with Gasteiger partial charge in [0.2, 0.25) is 5.88 Å². The fourth-order valence-corrected chi connectivity index (χ4v) is 3.73. The summed E-state index contributed by atoms with van der Waals surface area (Å²) in [6, 6.07) is 2.17. The molecule has 0 spiro atoms. The van der Waals surface area contributed by atoms with Crippen LogP contribution in [0.2, 0.25) is 0 Å². The number of aromatic nitrogens is 2. The number of esters is 1. The van der Waals surface area contributed by atoms with E-state index in [9.17, 15) is 20.0 Å². The molecule has 0 amide bonds. The third-order valence-electron chi connectivity index (χ3n) is 4.69. The van der Waals surface area contributed by atoms with Gasteiger partial charge in [0.1, 0.15) is 6.07 Å². The van der Waals surface area contributed by atoms with Gasteiger partial charge in [0, 0.05) is 0 Å². The molecule has 144 valence electrons. The minimum absolute atomic E-state index is 0.0161. The monoisotopic (exact) mass is 389 g/mol. The lowest BCUT2D eigenvalue weighted by atomic mass is 10.1. The van der Waals surface area contributed by atoms with Crippen LogP contribution in [-0.2, 0) is 22.8 Å². The molecule has 2 rings (SSSR count). The second-order valence-corrected chi connectivity index (χ2v) is 8.08. The highest BCUT2D eigenvalue weighted by Crippen LogP contribution is 2.60. The molecule has 1 aromatic heterocycles. The Morgan fingerprint density at radius 3 is 2.85 bits per heavy atom. The second-order valence-electron chi connectivity index (χ2n) is 6.94. The molecular formula is C19H23N3O4S. The first kappa shape index (κ1) is 20.7. The maximum absolute atomic E-state index is 12.5. The number of imidazole rings is 1. The highest BCUT2D eigenvalue weighted by molar-refractivity contribution is 8.03. The Balaban J connectivity index is 2.05. The Morgan fingerprint density at radius 2 is 2.26 bits per heavy atom. The number of rotatable bonds is 8. The molecule has 8 heteroatoms. The number of hydrogen-bond donors (Lipinski definition) is 1. The molecular weight excluding hydrogens is 366 g/mol. The van der Waals surface area contributed by atoms with E-state index in [1.165, 1.54) is 18.0 Å². The molecule has 1 aliphatic rings. The van der Waals surface area contributed by atoms with Crippen LogP contribution in [0.4, 0.5) is 0 Å². The second kappa shape index (κ2) is 8.41. The van der Waals surface area contributed by atoms with Crippen molar-refractivity contribution in [3.8, 4) is 24.3 Å². The lowest BCUT2D eigenvalue weighted by molar-refractivity contribution is -0.150. The first-order chi connectivity index (χ1) is 12.8. The van der Waals surface area contributed by atoms with E-state index >= 15 is 0 Å². The van der Waals surface area contributed by atoms with Gasteiger partial charge in [-0.3, -0.25) is 9.36 Å². The Morgan fingerprint density at radius 1 is 1.56 bits per heavy atom. The van der Waals surface area contributed by atoms with Gasteiger partial charge in [-0.2, -0.15) is 5.26 Å². The Kier molecular flexibility index (Phi) is 6.45. The molecule has 2 atom stereocenters. The first-order valence-corrected chi connectivity index (χ1v) is 9.60. The fourth-order valence-electron chi connectivity index (χ4n) is 3.00. The summed E-state index contributed by atoms with van der Waals surface area (Å²) in [7, 11) is 0. The van der Waals surface area contributed by atoms with Gasteiger partial charge in [0.15, 0.2) is 6.73 Å². The molecule has 27 heavy (non-hydrogen) atoms. The summed E-state index contributed by atoms with van der Waals surface area (Å²) in [5, 5.41) is 19.1. The Labute approximate surface area is 162 Å². The van der Waals surface area contributed by atoms with Gasteiger partial charge in [0.05, 0.1) is 23.6 Å². The third-order valence-corrected chi connectivity index (χ3v) is 5.84. The van der Waals surface area contributed by atoms with Crippen molar-refractivity contribution < 1.29 is 14.6 Å². The average molecular weight is 389 g/mol. The molecule has 0 bridgehead atoms. The maximum Gasteiger partial charge on any atom is 0.334 e. The van der Waals surface area contributed by atoms with Crippen LogP contribution in [0.15, 0.2) is 22.0 Å². The van der Waals surface area contributed by atoms with Gasteiger partial charge in [-0.15, -0.1) is 18.2 Å². The van der Waals surface area contributed by atoms with E-state index in [0.29, 0.717) is 4.91 Å². The van der Waals surface area contributed by atoms with E-state index in [2.05, 4.69) is 12.0 Å². The van der Waals surface area contributed by atoms with Crippen LogP contribution in [0.1, 0.15) is 27.2 Å². The van der Waals surface area contributed by atoms with E-state index in [1.54, 1.807) is 0 Å². The standard InChI is InChI=1S/C19H23N3O4S/c1-5-7-21-11-15(23)22(18(21)25)12-26-17(24)16-14(19(16,3)4)9-13(10-20)27-8-6-2/h1,9,11,14,16,23H,6-8,12H2,2-4H3/t14-,16+/m1/s1. The number of thioether (sulfide) groups is 1. The van der Waals surface area contributed by atoms with Crippen molar-refractivity contribution >= 4 is 17.7 Å². The van der Waals surface area contributed by atoms with E-state index in [1.807, 2.05) is 26.8 Å². The molecule has 0 aliphatic heterocycles. The average Bonchev–Trinajstić information content (AvgIpc) is 3.06. The van der Waals surface area contributed by atoms with E-state index in [0.717, 1.165) is 21.3 Å². The van der Waals surface area contributed by atoms with Crippen LogP contribution < -0.4 is 5.69 Å². The molecule has 0 aromatic carbocycles.